The lowest BCUT2D eigenvalue weighted by Gasteiger charge is -2.02. The fourth-order valence-corrected chi connectivity index (χ4v) is 0.328. The lowest BCUT2D eigenvalue weighted by atomic mass is 10.4. The first-order valence-corrected chi connectivity index (χ1v) is 2.72. The van der Waals surface area contributed by atoms with E-state index in [1.807, 2.05) is 0 Å². The third-order valence-corrected chi connectivity index (χ3v) is 0.711. The zero-order chi connectivity index (χ0) is 7.11. The molecule has 0 aliphatic rings. The highest BCUT2D eigenvalue weighted by molar-refractivity contribution is 5.57. The van der Waals surface area contributed by atoms with Crippen LogP contribution in [0.25, 0.3) is 0 Å². The molecule has 0 spiro atoms. The molecule has 0 aromatic heterocycles. The van der Waals surface area contributed by atoms with Crippen LogP contribution in [0, 0.1) is 0 Å². The van der Waals surface area contributed by atoms with E-state index in [2.05, 4.69) is 0 Å². The number of carbonyl (C=O) groups excluding carboxylic acids is 1. The summed E-state index contributed by atoms with van der Waals surface area (Å²) in [4.78, 5) is 9.74. The van der Waals surface area contributed by atoms with Crippen molar-refractivity contribution in [1.82, 2.24) is 0 Å². The van der Waals surface area contributed by atoms with Gasteiger partial charge >= 0.3 is 0 Å². The van der Waals surface area contributed by atoms with Crippen LogP contribution in [0.15, 0.2) is 0 Å². The average molecular weight is 131 g/mol. The first-order chi connectivity index (χ1) is 4.31. The second-order valence-electron chi connectivity index (χ2n) is 1.59. The van der Waals surface area contributed by atoms with Gasteiger partial charge in [0.2, 0.25) is 6.29 Å². The Morgan fingerprint density at radius 1 is 1.67 bits per heavy atom. The van der Waals surface area contributed by atoms with Crippen molar-refractivity contribution in [1.29, 1.82) is 0 Å². The van der Waals surface area contributed by atoms with Gasteiger partial charge in [0.15, 0.2) is 0 Å². The van der Waals surface area contributed by atoms with Crippen LogP contribution < -0.4 is 11.5 Å². The molecule has 9 heavy (non-hydrogen) atoms. The molecule has 0 unspecified atom stereocenters. The first-order valence-electron chi connectivity index (χ1n) is 2.72. The predicted molar refractivity (Wildman–Crippen MR) is 33.5 cm³/mol. The molecule has 0 aliphatic heterocycles. The Bertz CT molecular complexity index is 77.4. The van der Waals surface area contributed by atoms with E-state index in [1.54, 1.807) is 6.29 Å². The van der Waals surface area contributed by atoms with Gasteiger partial charge in [-0.15, -0.1) is 0 Å². The SMILES string of the molecule is NCCOC[C@H](N)[C]=O. The fraction of sp³-hybridized carbons (Fsp3) is 0.800. The molecule has 0 aliphatic carbocycles. The minimum atomic E-state index is -0.628. The van der Waals surface area contributed by atoms with Gasteiger partial charge < -0.3 is 16.2 Å². The maximum Gasteiger partial charge on any atom is 0.219 e. The van der Waals surface area contributed by atoms with Crippen molar-refractivity contribution in [2.75, 3.05) is 19.8 Å². The minimum Gasteiger partial charge on any atom is -0.378 e. The Hall–Kier alpha value is -0.450. The van der Waals surface area contributed by atoms with E-state index in [4.69, 9.17) is 16.2 Å². The Morgan fingerprint density at radius 3 is 2.78 bits per heavy atom. The van der Waals surface area contributed by atoms with Crippen molar-refractivity contribution in [3.05, 3.63) is 0 Å². The molecule has 53 valence electrons. The summed E-state index contributed by atoms with van der Waals surface area (Å²) in [5.41, 5.74) is 10.2. The van der Waals surface area contributed by atoms with Crippen molar-refractivity contribution < 1.29 is 9.53 Å². The third-order valence-electron chi connectivity index (χ3n) is 0.711. The highest BCUT2D eigenvalue weighted by Crippen LogP contribution is 1.74. The van der Waals surface area contributed by atoms with E-state index in [0.717, 1.165) is 0 Å². The number of nitrogens with two attached hydrogens (primary N) is 2. The second kappa shape index (κ2) is 5.68. The van der Waals surface area contributed by atoms with Crippen LogP contribution in [0.3, 0.4) is 0 Å². The standard InChI is InChI=1S/C5H11N2O2/c6-1-2-9-4-5(7)3-8/h5H,1-2,4,6-7H2/t5-/m1/s1. The molecular weight excluding hydrogens is 120 g/mol. The maximum atomic E-state index is 9.74. The lowest BCUT2D eigenvalue weighted by molar-refractivity contribution is 0.139. The van der Waals surface area contributed by atoms with Gasteiger partial charge in [0, 0.05) is 6.54 Å². The van der Waals surface area contributed by atoms with Gasteiger partial charge in [-0.2, -0.15) is 0 Å². The third kappa shape index (κ3) is 5.42. The van der Waals surface area contributed by atoms with Crippen molar-refractivity contribution in [3.8, 4) is 0 Å². The summed E-state index contributed by atoms with van der Waals surface area (Å²) < 4.78 is 4.82. The monoisotopic (exact) mass is 131 g/mol. The molecule has 4 nitrogen and oxygen atoms in total. The zero-order valence-electron chi connectivity index (χ0n) is 5.17. The molecule has 0 aromatic rings. The lowest BCUT2D eigenvalue weighted by Crippen LogP contribution is -2.28. The minimum absolute atomic E-state index is 0.209. The quantitative estimate of drug-likeness (QED) is 0.440. The van der Waals surface area contributed by atoms with Crippen LogP contribution in [0.4, 0.5) is 0 Å². The summed E-state index contributed by atoms with van der Waals surface area (Å²) in [7, 11) is 0. The summed E-state index contributed by atoms with van der Waals surface area (Å²) in [6, 6.07) is -0.628. The summed E-state index contributed by atoms with van der Waals surface area (Å²) in [6.45, 7) is 1.10. The van der Waals surface area contributed by atoms with Crippen LogP contribution in [-0.4, -0.2) is 32.1 Å². The summed E-state index contributed by atoms with van der Waals surface area (Å²) in [5, 5.41) is 0. The van der Waals surface area contributed by atoms with E-state index in [-0.39, 0.29) is 6.61 Å². The molecular formula is C5H11N2O2. The molecule has 1 radical (unpaired) electrons. The van der Waals surface area contributed by atoms with Gasteiger partial charge in [0.05, 0.1) is 19.3 Å². The van der Waals surface area contributed by atoms with Crippen molar-refractivity contribution in [2.24, 2.45) is 11.5 Å². The Morgan fingerprint density at radius 2 is 2.33 bits per heavy atom. The van der Waals surface area contributed by atoms with Crippen molar-refractivity contribution in [3.63, 3.8) is 0 Å². The summed E-state index contributed by atoms with van der Waals surface area (Å²) >= 11 is 0. The van der Waals surface area contributed by atoms with Gasteiger partial charge in [-0.1, -0.05) is 0 Å². The zero-order valence-corrected chi connectivity index (χ0v) is 5.17. The highest BCUT2D eigenvalue weighted by Gasteiger charge is 1.98. The highest BCUT2D eigenvalue weighted by atomic mass is 16.5. The van der Waals surface area contributed by atoms with Crippen LogP contribution in [0.2, 0.25) is 0 Å². The maximum absolute atomic E-state index is 9.74. The van der Waals surface area contributed by atoms with Crippen LogP contribution in [0.5, 0.6) is 0 Å². The van der Waals surface area contributed by atoms with E-state index < -0.39 is 6.04 Å². The topological polar surface area (TPSA) is 78.3 Å². The van der Waals surface area contributed by atoms with Gasteiger partial charge in [0.25, 0.3) is 0 Å². The van der Waals surface area contributed by atoms with E-state index in [0.29, 0.717) is 13.2 Å². The molecule has 1 atom stereocenters. The van der Waals surface area contributed by atoms with Crippen molar-refractivity contribution in [2.45, 2.75) is 6.04 Å². The average Bonchev–Trinajstić information content (AvgIpc) is 1.89. The number of rotatable bonds is 5. The molecule has 0 amide bonds. The van der Waals surface area contributed by atoms with E-state index in [1.165, 1.54) is 0 Å². The second-order valence-corrected chi connectivity index (χ2v) is 1.59. The van der Waals surface area contributed by atoms with Gasteiger partial charge in [-0.05, 0) is 0 Å². The molecule has 0 bridgehead atoms. The van der Waals surface area contributed by atoms with Crippen molar-refractivity contribution >= 4 is 6.29 Å². The summed E-state index contributed by atoms with van der Waals surface area (Å²) in [5.74, 6) is 0. The smallest absolute Gasteiger partial charge is 0.219 e. The van der Waals surface area contributed by atoms with Crippen LogP contribution in [-0.2, 0) is 9.53 Å². The van der Waals surface area contributed by atoms with E-state index >= 15 is 0 Å². The normalized spacial score (nSPS) is 13.1. The number of ether oxygens (including phenoxy) is 1. The predicted octanol–water partition coefficient (Wildman–Crippen LogP) is -1.60. The van der Waals surface area contributed by atoms with Crippen LogP contribution in [0.1, 0.15) is 0 Å². The number of hydrogen-bond donors (Lipinski definition) is 2. The Kier molecular flexibility index (Phi) is 5.40. The molecule has 0 saturated heterocycles. The first kappa shape index (κ1) is 8.55. The number of hydrogen-bond acceptors (Lipinski definition) is 4. The molecule has 0 heterocycles. The molecule has 4 heteroatoms. The largest absolute Gasteiger partial charge is 0.378 e. The Labute approximate surface area is 54.2 Å². The summed E-state index contributed by atoms with van der Waals surface area (Å²) in [6.07, 6.45) is 1.59. The molecule has 0 aromatic carbocycles. The van der Waals surface area contributed by atoms with E-state index in [9.17, 15) is 4.79 Å². The van der Waals surface area contributed by atoms with Gasteiger partial charge in [-0.25, -0.2) is 0 Å². The Balaban J connectivity index is 2.96. The molecule has 0 fully saturated rings. The van der Waals surface area contributed by atoms with Gasteiger partial charge in [0.1, 0.15) is 0 Å². The molecule has 0 rings (SSSR count). The fourth-order valence-electron chi connectivity index (χ4n) is 0.328. The molecule has 0 saturated carbocycles. The van der Waals surface area contributed by atoms with Gasteiger partial charge in [-0.3, -0.25) is 4.79 Å². The molecule has 4 N–H and O–H groups in total. The van der Waals surface area contributed by atoms with Crippen LogP contribution >= 0.6 is 0 Å².